The Morgan fingerprint density at radius 3 is 2.53 bits per heavy atom. The molecular formula is C23H27ClN4O2+2. The molecular weight excluding hydrogens is 400 g/mol. The van der Waals surface area contributed by atoms with E-state index in [-0.39, 0.29) is 17.7 Å². The summed E-state index contributed by atoms with van der Waals surface area (Å²) in [6.45, 7) is 5.86. The van der Waals surface area contributed by atoms with E-state index in [0.29, 0.717) is 17.3 Å². The van der Waals surface area contributed by atoms with Crippen LogP contribution in [0.2, 0.25) is 5.02 Å². The summed E-state index contributed by atoms with van der Waals surface area (Å²) in [5.41, 5.74) is 2.40. The third-order valence-electron chi connectivity index (χ3n) is 6.02. The van der Waals surface area contributed by atoms with Crippen molar-refractivity contribution in [3.8, 4) is 0 Å². The Hall–Kier alpha value is -2.67. The quantitative estimate of drug-likeness (QED) is 0.441. The third-order valence-corrected chi connectivity index (χ3v) is 6.35. The van der Waals surface area contributed by atoms with Gasteiger partial charge in [-0.3, -0.25) is 9.59 Å². The molecule has 4 rings (SSSR count). The maximum atomic E-state index is 13.1. The zero-order valence-corrected chi connectivity index (χ0v) is 17.8. The topological polar surface area (TPSA) is 70.8 Å². The predicted octanol–water partition coefficient (Wildman–Crippen LogP) is 0.815. The summed E-state index contributed by atoms with van der Waals surface area (Å²) in [7, 11) is 0. The standard InChI is InChI=1S/C23H25ClN4O2/c1-16(23(30)18-14-25-20-8-4-2-6-17(18)20)28-12-10-27(11-13-28)15-22(29)26-21-9-5-3-7-19(21)24/h2-9,14,16,25H,10-13,15H2,1H3,(H,26,29)/p+2/t16-/m0/s1. The van der Waals surface area contributed by atoms with Crippen molar-refractivity contribution in [2.75, 3.05) is 38.0 Å². The van der Waals surface area contributed by atoms with Crippen LogP contribution in [0.25, 0.3) is 10.9 Å². The number of nitrogens with one attached hydrogen (secondary N) is 4. The normalized spacial score (nSPS) is 20.1. The van der Waals surface area contributed by atoms with Gasteiger partial charge in [-0.2, -0.15) is 0 Å². The molecule has 3 aromatic rings. The Morgan fingerprint density at radius 1 is 1.07 bits per heavy atom. The number of aromatic nitrogens is 1. The van der Waals surface area contributed by atoms with Gasteiger partial charge in [0.25, 0.3) is 5.91 Å². The molecule has 1 aliphatic rings. The molecule has 0 radical (unpaired) electrons. The summed E-state index contributed by atoms with van der Waals surface area (Å²) in [5.74, 6) is 0.131. The molecule has 0 unspecified atom stereocenters. The summed E-state index contributed by atoms with van der Waals surface area (Å²) >= 11 is 6.11. The van der Waals surface area contributed by atoms with E-state index in [0.717, 1.165) is 42.6 Å². The number of para-hydroxylation sites is 2. The summed E-state index contributed by atoms with van der Waals surface area (Å²) in [5, 5.41) is 4.41. The number of halogens is 1. The van der Waals surface area contributed by atoms with Crippen LogP contribution in [-0.4, -0.2) is 55.4 Å². The number of carbonyl (C=O) groups excluding carboxylic acids is 2. The lowest BCUT2D eigenvalue weighted by Crippen LogP contribution is -3.30. The largest absolute Gasteiger partial charge is 0.360 e. The van der Waals surface area contributed by atoms with Crippen LogP contribution in [0.4, 0.5) is 5.69 Å². The predicted molar refractivity (Wildman–Crippen MR) is 118 cm³/mol. The number of H-pyrrole nitrogens is 1. The molecule has 1 aliphatic heterocycles. The van der Waals surface area contributed by atoms with Crippen molar-refractivity contribution in [1.29, 1.82) is 0 Å². The van der Waals surface area contributed by atoms with Crippen molar-refractivity contribution >= 4 is 39.9 Å². The number of quaternary nitrogens is 2. The van der Waals surface area contributed by atoms with Crippen LogP contribution in [0.1, 0.15) is 17.3 Å². The number of hydrogen-bond donors (Lipinski definition) is 4. The highest BCUT2D eigenvalue weighted by molar-refractivity contribution is 6.33. The number of carbonyl (C=O) groups is 2. The van der Waals surface area contributed by atoms with Crippen LogP contribution < -0.4 is 15.1 Å². The highest BCUT2D eigenvalue weighted by Gasteiger charge is 2.33. The zero-order valence-electron chi connectivity index (χ0n) is 17.0. The van der Waals surface area contributed by atoms with Gasteiger partial charge in [0.1, 0.15) is 32.2 Å². The highest BCUT2D eigenvalue weighted by Crippen LogP contribution is 2.20. The van der Waals surface area contributed by atoms with Gasteiger partial charge in [-0.05, 0) is 25.1 Å². The van der Waals surface area contributed by atoms with Crippen molar-refractivity contribution in [2.45, 2.75) is 13.0 Å². The molecule has 4 N–H and O–H groups in total. The first-order valence-electron chi connectivity index (χ1n) is 10.4. The molecule has 0 aliphatic carbocycles. The highest BCUT2D eigenvalue weighted by atomic mass is 35.5. The van der Waals surface area contributed by atoms with Gasteiger partial charge in [-0.1, -0.05) is 41.9 Å². The summed E-state index contributed by atoms with van der Waals surface area (Å²) in [4.78, 5) is 31.2. The van der Waals surface area contributed by atoms with Crippen LogP contribution in [0, 0.1) is 0 Å². The van der Waals surface area contributed by atoms with Crippen LogP contribution in [0.3, 0.4) is 0 Å². The minimum absolute atomic E-state index is 0.0375. The first-order chi connectivity index (χ1) is 14.5. The number of fused-ring (bicyclic) bond motifs is 1. The lowest BCUT2D eigenvalue weighted by Gasteiger charge is -2.32. The van der Waals surface area contributed by atoms with Gasteiger partial charge in [-0.15, -0.1) is 0 Å². The molecule has 1 atom stereocenters. The van der Waals surface area contributed by atoms with E-state index in [1.807, 2.05) is 49.5 Å². The van der Waals surface area contributed by atoms with E-state index in [1.165, 1.54) is 9.80 Å². The summed E-state index contributed by atoms with van der Waals surface area (Å²) in [6.07, 6.45) is 1.82. The van der Waals surface area contributed by atoms with E-state index in [1.54, 1.807) is 12.1 Å². The second kappa shape index (κ2) is 9.00. The fourth-order valence-electron chi connectivity index (χ4n) is 4.21. The lowest BCUT2D eigenvalue weighted by molar-refractivity contribution is -1.01. The number of amides is 1. The molecule has 1 saturated heterocycles. The maximum absolute atomic E-state index is 13.1. The Kier molecular flexibility index (Phi) is 6.18. The van der Waals surface area contributed by atoms with Crippen molar-refractivity contribution in [2.24, 2.45) is 0 Å². The molecule has 7 heteroatoms. The van der Waals surface area contributed by atoms with Crippen LogP contribution in [0.15, 0.2) is 54.7 Å². The Morgan fingerprint density at radius 2 is 1.77 bits per heavy atom. The second-order valence-electron chi connectivity index (χ2n) is 7.95. The number of benzene rings is 2. The molecule has 0 saturated carbocycles. The van der Waals surface area contributed by atoms with E-state index in [4.69, 9.17) is 11.6 Å². The first kappa shape index (κ1) is 20.6. The van der Waals surface area contributed by atoms with E-state index in [9.17, 15) is 9.59 Å². The average Bonchev–Trinajstić information content (AvgIpc) is 3.19. The molecule has 0 bridgehead atoms. The number of ketones is 1. The molecule has 156 valence electrons. The van der Waals surface area contributed by atoms with E-state index < -0.39 is 0 Å². The molecule has 1 aromatic heterocycles. The Balaban J connectivity index is 1.31. The fraction of sp³-hybridized carbons (Fsp3) is 0.304. The SMILES string of the molecule is C[C@@H](C(=O)c1c[nH]c2ccccc12)[NH+]1CC[NH+](CC(=O)Nc2ccccc2Cl)CC1. The first-order valence-corrected chi connectivity index (χ1v) is 10.7. The van der Waals surface area contributed by atoms with Crippen molar-refractivity contribution in [3.63, 3.8) is 0 Å². The molecule has 0 spiro atoms. The maximum Gasteiger partial charge on any atom is 0.279 e. The second-order valence-corrected chi connectivity index (χ2v) is 8.35. The van der Waals surface area contributed by atoms with E-state index >= 15 is 0 Å². The van der Waals surface area contributed by atoms with Crippen LogP contribution >= 0.6 is 11.6 Å². The number of anilines is 1. The molecule has 2 heterocycles. The lowest BCUT2D eigenvalue weighted by atomic mass is 10.0. The smallest absolute Gasteiger partial charge is 0.279 e. The molecule has 1 fully saturated rings. The molecule has 1 amide bonds. The van der Waals surface area contributed by atoms with Gasteiger partial charge in [-0.25, -0.2) is 0 Å². The molecule has 6 nitrogen and oxygen atoms in total. The number of rotatable bonds is 6. The van der Waals surface area contributed by atoms with E-state index in [2.05, 4.69) is 10.3 Å². The van der Waals surface area contributed by atoms with Crippen molar-refractivity contribution in [3.05, 3.63) is 65.3 Å². The Bertz CT molecular complexity index is 1060. The molecule has 30 heavy (non-hydrogen) atoms. The van der Waals surface area contributed by atoms with Crippen molar-refractivity contribution in [1.82, 2.24) is 4.98 Å². The Labute approximate surface area is 180 Å². The number of piperazine rings is 1. The summed E-state index contributed by atoms with van der Waals surface area (Å²) < 4.78 is 0. The fourth-order valence-corrected chi connectivity index (χ4v) is 4.40. The van der Waals surface area contributed by atoms with Gasteiger partial charge in [0.05, 0.1) is 10.7 Å². The van der Waals surface area contributed by atoms with Gasteiger partial charge < -0.3 is 20.1 Å². The zero-order chi connectivity index (χ0) is 21.1. The number of Topliss-reactive ketones (excluding diaryl/α,β-unsaturated/α-hetero) is 1. The van der Waals surface area contributed by atoms with Gasteiger partial charge in [0, 0.05) is 22.7 Å². The average molecular weight is 427 g/mol. The van der Waals surface area contributed by atoms with Crippen molar-refractivity contribution < 1.29 is 19.4 Å². The summed E-state index contributed by atoms with van der Waals surface area (Å²) in [6, 6.07) is 15.0. The van der Waals surface area contributed by atoms with Crippen LogP contribution in [-0.2, 0) is 4.79 Å². The van der Waals surface area contributed by atoms with Gasteiger partial charge >= 0.3 is 0 Å². The number of aromatic amines is 1. The monoisotopic (exact) mass is 426 g/mol. The number of hydrogen-bond acceptors (Lipinski definition) is 2. The minimum atomic E-state index is -0.109. The van der Waals surface area contributed by atoms with Gasteiger partial charge in [0.2, 0.25) is 5.78 Å². The third kappa shape index (κ3) is 4.41. The van der Waals surface area contributed by atoms with Gasteiger partial charge in [0.15, 0.2) is 6.54 Å². The molecule has 2 aromatic carbocycles. The van der Waals surface area contributed by atoms with Crippen LogP contribution in [0.5, 0.6) is 0 Å². The minimum Gasteiger partial charge on any atom is -0.360 e.